The minimum absolute atomic E-state index is 0.00893. The molecule has 25 heavy (non-hydrogen) atoms. The Morgan fingerprint density at radius 2 is 2.12 bits per heavy atom. The second-order valence-electron chi connectivity index (χ2n) is 5.91. The van der Waals surface area contributed by atoms with Gasteiger partial charge in [-0.1, -0.05) is 17.7 Å². The Balaban J connectivity index is 1.79. The van der Waals surface area contributed by atoms with Crippen LogP contribution in [0.5, 0.6) is 0 Å². The number of nitrogens with zero attached hydrogens (tertiary/aromatic N) is 3. The molecule has 136 valence electrons. The zero-order valence-electron chi connectivity index (χ0n) is 14.4. The molecule has 1 saturated heterocycles. The molecule has 1 fully saturated rings. The van der Waals surface area contributed by atoms with Crippen LogP contribution in [0, 0.1) is 0 Å². The molecule has 2 amide bonds. The van der Waals surface area contributed by atoms with Gasteiger partial charge in [-0.3, -0.25) is 19.4 Å². The fourth-order valence-electron chi connectivity index (χ4n) is 2.64. The van der Waals surface area contributed by atoms with E-state index in [2.05, 4.69) is 32.0 Å². The molecule has 2 N–H and O–H groups in total. The van der Waals surface area contributed by atoms with Crippen LogP contribution in [0.25, 0.3) is 0 Å². The van der Waals surface area contributed by atoms with Gasteiger partial charge in [-0.15, -0.1) is 6.58 Å². The molecule has 1 aliphatic rings. The summed E-state index contributed by atoms with van der Waals surface area (Å²) in [6.45, 7) is 9.23. The molecule has 1 aromatic rings. The summed E-state index contributed by atoms with van der Waals surface area (Å²) in [6, 6.07) is 3.16. The van der Waals surface area contributed by atoms with Gasteiger partial charge >= 0.3 is 0 Å². The van der Waals surface area contributed by atoms with E-state index in [1.54, 1.807) is 24.4 Å². The van der Waals surface area contributed by atoms with E-state index in [4.69, 9.17) is 11.6 Å². The smallest absolute Gasteiger partial charge is 0.241 e. The van der Waals surface area contributed by atoms with Gasteiger partial charge < -0.3 is 10.6 Å². The molecule has 2 rings (SSSR count). The number of pyridine rings is 1. The van der Waals surface area contributed by atoms with Gasteiger partial charge in [-0.2, -0.15) is 0 Å². The molecular weight excluding hydrogens is 342 g/mol. The van der Waals surface area contributed by atoms with Crippen molar-refractivity contribution in [1.29, 1.82) is 0 Å². The summed E-state index contributed by atoms with van der Waals surface area (Å²) in [7, 11) is 0. The van der Waals surface area contributed by atoms with Crippen LogP contribution in [0.3, 0.4) is 0 Å². The SMILES string of the molecule is C=CCNC(=O)CN1CCN(C(C)C(=O)Nc2cccnc2Cl)CC1. The van der Waals surface area contributed by atoms with Crippen molar-refractivity contribution < 1.29 is 9.59 Å². The first-order valence-corrected chi connectivity index (χ1v) is 8.64. The van der Waals surface area contributed by atoms with Gasteiger partial charge in [0.05, 0.1) is 18.3 Å². The Bertz CT molecular complexity index is 617. The van der Waals surface area contributed by atoms with Crippen molar-refractivity contribution in [1.82, 2.24) is 20.1 Å². The van der Waals surface area contributed by atoms with Crippen LogP contribution in [0.1, 0.15) is 6.92 Å². The topological polar surface area (TPSA) is 77.6 Å². The molecule has 1 atom stereocenters. The highest BCUT2D eigenvalue weighted by Gasteiger charge is 2.26. The molecular formula is C17H24ClN5O2. The van der Waals surface area contributed by atoms with Gasteiger partial charge in [0.15, 0.2) is 5.15 Å². The minimum atomic E-state index is -0.284. The minimum Gasteiger partial charge on any atom is -0.352 e. The number of halogens is 1. The predicted octanol–water partition coefficient (Wildman–Crippen LogP) is 0.982. The molecule has 1 aliphatic heterocycles. The number of amides is 2. The zero-order valence-corrected chi connectivity index (χ0v) is 15.1. The van der Waals surface area contributed by atoms with Crippen LogP contribution < -0.4 is 10.6 Å². The van der Waals surface area contributed by atoms with E-state index in [0.29, 0.717) is 18.8 Å². The highest BCUT2D eigenvalue weighted by molar-refractivity contribution is 6.32. The van der Waals surface area contributed by atoms with Crippen molar-refractivity contribution in [2.45, 2.75) is 13.0 Å². The van der Waals surface area contributed by atoms with Crippen LogP contribution in [-0.2, 0) is 9.59 Å². The summed E-state index contributed by atoms with van der Waals surface area (Å²) < 4.78 is 0. The van der Waals surface area contributed by atoms with E-state index in [0.717, 1.165) is 26.2 Å². The van der Waals surface area contributed by atoms with Crippen LogP contribution in [0.4, 0.5) is 5.69 Å². The fourth-order valence-corrected chi connectivity index (χ4v) is 2.80. The normalized spacial score (nSPS) is 16.9. The number of piperazine rings is 1. The lowest BCUT2D eigenvalue weighted by molar-refractivity contribution is -0.124. The second-order valence-corrected chi connectivity index (χ2v) is 6.27. The third-order valence-electron chi connectivity index (χ3n) is 4.16. The predicted molar refractivity (Wildman–Crippen MR) is 98.6 cm³/mol. The highest BCUT2D eigenvalue weighted by atomic mass is 35.5. The first-order valence-electron chi connectivity index (χ1n) is 8.26. The van der Waals surface area contributed by atoms with Crippen molar-refractivity contribution in [2.24, 2.45) is 0 Å². The Kier molecular flexibility index (Phi) is 7.36. The fraction of sp³-hybridized carbons (Fsp3) is 0.471. The van der Waals surface area contributed by atoms with E-state index in [1.807, 2.05) is 6.92 Å². The molecule has 8 heteroatoms. The van der Waals surface area contributed by atoms with Gasteiger partial charge in [0.25, 0.3) is 0 Å². The molecule has 0 bridgehead atoms. The number of aromatic nitrogens is 1. The highest BCUT2D eigenvalue weighted by Crippen LogP contribution is 2.18. The van der Waals surface area contributed by atoms with E-state index in [-0.39, 0.29) is 23.0 Å². The molecule has 2 heterocycles. The quantitative estimate of drug-likeness (QED) is 0.556. The van der Waals surface area contributed by atoms with Crippen LogP contribution >= 0.6 is 11.6 Å². The Morgan fingerprint density at radius 1 is 1.40 bits per heavy atom. The molecule has 0 aromatic carbocycles. The number of hydrogen-bond acceptors (Lipinski definition) is 5. The van der Waals surface area contributed by atoms with Crippen molar-refractivity contribution in [3.63, 3.8) is 0 Å². The monoisotopic (exact) mass is 365 g/mol. The molecule has 1 aromatic heterocycles. The Hall–Kier alpha value is -1.96. The lowest BCUT2D eigenvalue weighted by Gasteiger charge is -2.37. The Labute approximate surface area is 153 Å². The van der Waals surface area contributed by atoms with Crippen LogP contribution in [-0.4, -0.2) is 71.9 Å². The van der Waals surface area contributed by atoms with E-state index >= 15 is 0 Å². The molecule has 7 nitrogen and oxygen atoms in total. The maximum atomic E-state index is 12.4. The van der Waals surface area contributed by atoms with E-state index in [9.17, 15) is 9.59 Å². The number of hydrogen-bond donors (Lipinski definition) is 2. The molecule has 0 radical (unpaired) electrons. The van der Waals surface area contributed by atoms with Gasteiger partial charge in [-0.05, 0) is 19.1 Å². The third-order valence-corrected chi connectivity index (χ3v) is 4.46. The summed E-state index contributed by atoms with van der Waals surface area (Å²) in [5.41, 5.74) is 0.513. The average Bonchev–Trinajstić information content (AvgIpc) is 2.62. The van der Waals surface area contributed by atoms with E-state index < -0.39 is 0 Å². The number of rotatable bonds is 7. The molecule has 1 unspecified atom stereocenters. The van der Waals surface area contributed by atoms with Gasteiger partial charge in [0.2, 0.25) is 11.8 Å². The largest absolute Gasteiger partial charge is 0.352 e. The third kappa shape index (κ3) is 5.81. The summed E-state index contributed by atoms with van der Waals surface area (Å²) in [6.07, 6.45) is 3.23. The summed E-state index contributed by atoms with van der Waals surface area (Å²) in [5, 5.41) is 5.86. The summed E-state index contributed by atoms with van der Waals surface area (Å²) in [5.74, 6) is -0.127. The number of nitrogens with one attached hydrogen (secondary N) is 2. The first kappa shape index (κ1) is 19.4. The molecule has 0 spiro atoms. The Morgan fingerprint density at radius 3 is 2.76 bits per heavy atom. The lowest BCUT2D eigenvalue weighted by atomic mass is 10.2. The number of carbonyl (C=O) groups is 2. The maximum absolute atomic E-state index is 12.4. The van der Waals surface area contributed by atoms with Gasteiger partial charge in [-0.25, -0.2) is 4.98 Å². The van der Waals surface area contributed by atoms with E-state index in [1.165, 1.54) is 0 Å². The zero-order chi connectivity index (χ0) is 18.2. The summed E-state index contributed by atoms with van der Waals surface area (Å²) >= 11 is 5.97. The van der Waals surface area contributed by atoms with Crippen LogP contribution in [0.15, 0.2) is 31.0 Å². The van der Waals surface area contributed by atoms with Crippen LogP contribution in [0.2, 0.25) is 5.15 Å². The molecule has 0 saturated carbocycles. The summed E-state index contributed by atoms with van der Waals surface area (Å²) in [4.78, 5) is 32.3. The first-order chi connectivity index (χ1) is 12.0. The van der Waals surface area contributed by atoms with Crippen molar-refractivity contribution in [3.05, 3.63) is 36.1 Å². The van der Waals surface area contributed by atoms with Gasteiger partial charge in [0, 0.05) is 38.9 Å². The maximum Gasteiger partial charge on any atom is 0.241 e. The lowest BCUT2D eigenvalue weighted by Crippen LogP contribution is -2.54. The standard InChI is InChI=1S/C17H24ClN5O2/c1-3-6-19-15(24)12-22-8-10-23(11-9-22)13(2)17(25)21-14-5-4-7-20-16(14)18/h3-5,7,13H,1,6,8-12H2,2H3,(H,19,24)(H,21,25). The number of carbonyl (C=O) groups excluding carboxylic acids is 2. The van der Waals surface area contributed by atoms with Gasteiger partial charge in [0.1, 0.15) is 0 Å². The van der Waals surface area contributed by atoms with Crippen molar-refractivity contribution in [3.8, 4) is 0 Å². The second kappa shape index (κ2) is 9.50. The average molecular weight is 366 g/mol. The van der Waals surface area contributed by atoms with Crippen molar-refractivity contribution in [2.75, 3.05) is 44.6 Å². The number of anilines is 1. The molecule has 0 aliphatic carbocycles. The van der Waals surface area contributed by atoms with Crippen molar-refractivity contribution >= 4 is 29.1 Å².